The summed E-state index contributed by atoms with van der Waals surface area (Å²) in [6, 6.07) is 13.2. The van der Waals surface area contributed by atoms with Gasteiger partial charge in [0.2, 0.25) is 5.91 Å². The second-order valence-corrected chi connectivity index (χ2v) is 6.70. The molecule has 7 heteroatoms. The molecule has 2 amide bonds. The SMILES string of the molecule is O=C(COc1ccc(Br)cc1)NNC(=O)C1CC1c1ccc(F)cc1. The van der Waals surface area contributed by atoms with Crippen molar-refractivity contribution in [3.63, 3.8) is 0 Å². The van der Waals surface area contributed by atoms with Gasteiger partial charge >= 0.3 is 0 Å². The number of hydrogen-bond donors (Lipinski definition) is 2. The Kier molecular flexibility index (Phi) is 5.33. The van der Waals surface area contributed by atoms with E-state index in [1.807, 2.05) is 0 Å². The zero-order valence-corrected chi connectivity index (χ0v) is 14.8. The molecule has 1 aliphatic rings. The van der Waals surface area contributed by atoms with Gasteiger partial charge in [-0.2, -0.15) is 0 Å². The van der Waals surface area contributed by atoms with Gasteiger partial charge in [0.15, 0.2) is 6.61 Å². The number of carbonyl (C=O) groups excluding carboxylic acids is 2. The number of ether oxygens (including phenoxy) is 1. The highest BCUT2D eigenvalue weighted by molar-refractivity contribution is 9.10. The lowest BCUT2D eigenvalue weighted by molar-refractivity contribution is -0.130. The molecule has 0 aromatic heterocycles. The first kappa shape index (κ1) is 17.4. The van der Waals surface area contributed by atoms with Crippen LogP contribution in [0.5, 0.6) is 5.75 Å². The predicted molar refractivity (Wildman–Crippen MR) is 93.2 cm³/mol. The van der Waals surface area contributed by atoms with Crippen LogP contribution in [0.15, 0.2) is 53.0 Å². The van der Waals surface area contributed by atoms with E-state index in [9.17, 15) is 14.0 Å². The highest BCUT2D eigenvalue weighted by Crippen LogP contribution is 2.47. The first-order valence-corrected chi connectivity index (χ1v) is 8.55. The quantitative estimate of drug-likeness (QED) is 0.750. The van der Waals surface area contributed by atoms with E-state index >= 15 is 0 Å². The van der Waals surface area contributed by atoms with Crippen molar-refractivity contribution in [2.75, 3.05) is 6.61 Å². The van der Waals surface area contributed by atoms with Crippen LogP contribution in [0.25, 0.3) is 0 Å². The second kappa shape index (κ2) is 7.65. The van der Waals surface area contributed by atoms with Gasteiger partial charge in [-0.15, -0.1) is 0 Å². The van der Waals surface area contributed by atoms with E-state index in [0.717, 1.165) is 10.0 Å². The molecule has 1 saturated carbocycles. The van der Waals surface area contributed by atoms with Gasteiger partial charge in [-0.1, -0.05) is 28.1 Å². The second-order valence-electron chi connectivity index (χ2n) is 5.78. The number of hydrogen-bond acceptors (Lipinski definition) is 3. The number of hydrazine groups is 1. The fourth-order valence-corrected chi connectivity index (χ4v) is 2.77. The van der Waals surface area contributed by atoms with Crippen molar-refractivity contribution in [1.29, 1.82) is 0 Å². The van der Waals surface area contributed by atoms with E-state index in [2.05, 4.69) is 26.8 Å². The van der Waals surface area contributed by atoms with Gasteiger partial charge in [0.1, 0.15) is 11.6 Å². The molecule has 1 aliphatic carbocycles. The zero-order chi connectivity index (χ0) is 17.8. The van der Waals surface area contributed by atoms with Gasteiger partial charge in [0, 0.05) is 10.4 Å². The average molecular weight is 407 g/mol. The maximum absolute atomic E-state index is 12.9. The molecule has 0 saturated heterocycles. The Morgan fingerprint density at radius 2 is 1.76 bits per heavy atom. The molecule has 2 N–H and O–H groups in total. The highest BCUT2D eigenvalue weighted by atomic mass is 79.9. The third-order valence-electron chi connectivity index (χ3n) is 3.93. The fourth-order valence-electron chi connectivity index (χ4n) is 2.50. The average Bonchev–Trinajstić information content (AvgIpc) is 3.40. The molecule has 0 bridgehead atoms. The lowest BCUT2D eigenvalue weighted by Crippen LogP contribution is -2.44. The van der Waals surface area contributed by atoms with Crippen LogP contribution in [-0.2, 0) is 9.59 Å². The van der Waals surface area contributed by atoms with Crippen LogP contribution in [0.1, 0.15) is 17.9 Å². The Bertz CT molecular complexity index is 765. The molecule has 0 heterocycles. The Balaban J connectivity index is 1.39. The van der Waals surface area contributed by atoms with Crippen molar-refractivity contribution in [3.05, 3.63) is 64.4 Å². The normalized spacial score (nSPS) is 18.3. The summed E-state index contributed by atoms with van der Waals surface area (Å²) in [5.74, 6) is -0.595. The number of benzene rings is 2. The zero-order valence-electron chi connectivity index (χ0n) is 13.2. The maximum Gasteiger partial charge on any atom is 0.276 e. The van der Waals surface area contributed by atoms with E-state index in [1.165, 1.54) is 12.1 Å². The minimum absolute atomic E-state index is 0.0662. The summed E-state index contributed by atoms with van der Waals surface area (Å²) in [4.78, 5) is 23.7. The first-order valence-electron chi connectivity index (χ1n) is 7.75. The van der Waals surface area contributed by atoms with Gasteiger partial charge in [0.25, 0.3) is 5.91 Å². The predicted octanol–water partition coefficient (Wildman–Crippen LogP) is 2.92. The summed E-state index contributed by atoms with van der Waals surface area (Å²) in [5, 5.41) is 0. The Labute approximate surface area is 152 Å². The minimum atomic E-state index is -0.449. The molecule has 130 valence electrons. The van der Waals surface area contributed by atoms with E-state index in [0.29, 0.717) is 12.2 Å². The summed E-state index contributed by atoms with van der Waals surface area (Å²) >= 11 is 3.31. The molecule has 2 unspecified atom stereocenters. The number of nitrogens with one attached hydrogen (secondary N) is 2. The lowest BCUT2D eigenvalue weighted by atomic mass is 10.1. The van der Waals surface area contributed by atoms with E-state index in [1.54, 1.807) is 36.4 Å². The van der Waals surface area contributed by atoms with E-state index in [4.69, 9.17) is 4.74 Å². The standard InChI is InChI=1S/C18H16BrFN2O3/c19-12-3-7-14(8-4-12)25-10-17(23)21-22-18(24)16-9-15(16)11-1-5-13(20)6-2-11/h1-8,15-16H,9-10H2,(H,21,23)(H,22,24). The van der Waals surface area contributed by atoms with Crippen molar-refractivity contribution in [1.82, 2.24) is 10.9 Å². The van der Waals surface area contributed by atoms with Crippen LogP contribution in [0.2, 0.25) is 0 Å². The first-order chi connectivity index (χ1) is 12.0. The van der Waals surface area contributed by atoms with Gasteiger partial charge < -0.3 is 4.74 Å². The largest absolute Gasteiger partial charge is 0.484 e. The summed E-state index contributed by atoms with van der Waals surface area (Å²) in [5.41, 5.74) is 5.66. The molecule has 2 aromatic carbocycles. The van der Waals surface area contributed by atoms with Gasteiger partial charge in [-0.3, -0.25) is 20.4 Å². The molecule has 1 fully saturated rings. The topological polar surface area (TPSA) is 67.4 Å². The molecular formula is C18H16BrFN2O3. The smallest absolute Gasteiger partial charge is 0.276 e. The third kappa shape index (κ3) is 4.79. The maximum atomic E-state index is 12.9. The lowest BCUT2D eigenvalue weighted by Gasteiger charge is -2.09. The molecule has 25 heavy (non-hydrogen) atoms. The van der Waals surface area contributed by atoms with Crippen molar-refractivity contribution in [2.24, 2.45) is 5.92 Å². The van der Waals surface area contributed by atoms with Crippen molar-refractivity contribution >= 4 is 27.7 Å². The molecule has 5 nitrogen and oxygen atoms in total. The summed E-state index contributed by atoms with van der Waals surface area (Å²) in [7, 11) is 0. The Hall–Kier alpha value is -2.41. The molecule has 2 atom stereocenters. The minimum Gasteiger partial charge on any atom is -0.484 e. The third-order valence-corrected chi connectivity index (χ3v) is 4.46. The van der Waals surface area contributed by atoms with Crippen LogP contribution in [0, 0.1) is 11.7 Å². The van der Waals surface area contributed by atoms with E-state index in [-0.39, 0.29) is 30.2 Å². The number of amides is 2. The summed E-state index contributed by atoms with van der Waals surface area (Å²) in [6.45, 7) is -0.200. The van der Waals surface area contributed by atoms with Gasteiger partial charge in [-0.05, 0) is 54.3 Å². The number of carbonyl (C=O) groups is 2. The van der Waals surface area contributed by atoms with Crippen molar-refractivity contribution in [3.8, 4) is 5.75 Å². The molecular weight excluding hydrogens is 391 g/mol. The molecule has 3 rings (SSSR count). The van der Waals surface area contributed by atoms with Gasteiger partial charge in [-0.25, -0.2) is 4.39 Å². The van der Waals surface area contributed by atoms with Crippen LogP contribution in [-0.4, -0.2) is 18.4 Å². The van der Waals surface area contributed by atoms with Crippen molar-refractivity contribution < 1.29 is 18.7 Å². The van der Waals surface area contributed by atoms with Crippen molar-refractivity contribution in [2.45, 2.75) is 12.3 Å². The fraction of sp³-hybridized carbons (Fsp3) is 0.222. The Morgan fingerprint density at radius 1 is 1.08 bits per heavy atom. The monoisotopic (exact) mass is 406 g/mol. The number of rotatable bonds is 5. The highest BCUT2D eigenvalue weighted by Gasteiger charge is 2.44. The van der Waals surface area contributed by atoms with E-state index < -0.39 is 5.91 Å². The van der Waals surface area contributed by atoms with Gasteiger partial charge in [0.05, 0.1) is 0 Å². The molecule has 2 aromatic rings. The summed E-state index contributed by atoms with van der Waals surface area (Å²) < 4.78 is 19.1. The number of halogens is 2. The van der Waals surface area contributed by atoms with Crippen LogP contribution < -0.4 is 15.6 Å². The molecule has 0 aliphatic heterocycles. The summed E-state index contributed by atoms with van der Waals surface area (Å²) in [6.07, 6.45) is 0.683. The molecule has 0 spiro atoms. The van der Waals surface area contributed by atoms with Crippen LogP contribution >= 0.6 is 15.9 Å². The molecule has 0 radical (unpaired) electrons. The van der Waals surface area contributed by atoms with Crippen LogP contribution in [0.4, 0.5) is 4.39 Å². The van der Waals surface area contributed by atoms with Crippen LogP contribution in [0.3, 0.4) is 0 Å². The Morgan fingerprint density at radius 3 is 2.44 bits per heavy atom.